The zero-order valence-electron chi connectivity index (χ0n) is 8.69. The maximum atomic E-state index is 11.1. The van der Waals surface area contributed by atoms with Crippen LogP contribution in [-0.4, -0.2) is 12.9 Å². The molecular formula is C12H13NO2. The van der Waals surface area contributed by atoms with Gasteiger partial charge in [0.1, 0.15) is 11.5 Å². The SMILES string of the molecule is COc1cccc(CCC(=O)CC#N)c1. The first-order valence-corrected chi connectivity index (χ1v) is 4.78. The van der Waals surface area contributed by atoms with Crippen LogP contribution in [0.4, 0.5) is 0 Å². The summed E-state index contributed by atoms with van der Waals surface area (Å²) in [6, 6.07) is 9.45. The van der Waals surface area contributed by atoms with Crippen molar-refractivity contribution in [3.05, 3.63) is 29.8 Å². The molecule has 0 heterocycles. The van der Waals surface area contributed by atoms with Crippen molar-refractivity contribution in [3.8, 4) is 11.8 Å². The lowest BCUT2D eigenvalue weighted by atomic mass is 10.1. The lowest BCUT2D eigenvalue weighted by molar-refractivity contribution is -0.118. The summed E-state index contributed by atoms with van der Waals surface area (Å²) in [5.41, 5.74) is 1.06. The van der Waals surface area contributed by atoms with Crippen LogP contribution < -0.4 is 4.74 Å². The third-order valence-electron chi connectivity index (χ3n) is 2.10. The van der Waals surface area contributed by atoms with Gasteiger partial charge in [0, 0.05) is 6.42 Å². The van der Waals surface area contributed by atoms with Gasteiger partial charge in [-0.05, 0) is 24.1 Å². The van der Waals surface area contributed by atoms with Crippen LogP contribution >= 0.6 is 0 Å². The fourth-order valence-corrected chi connectivity index (χ4v) is 1.29. The molecule has 3 nitrogen and oxygen atoms in total. The first kappa shape index (κ1) is 11.3. The molecule has 0 bridgehead atoms. The first-order chi connectivity index (χ1) is 7.26. The molecule has 1 aromatic carbocycles. The standard InChI is InChI=1S/C12H13NO2/c1-15-12-4-2-3-10(9-12)5-6-11(14)7-8-13/h2-4,9H,5-7H2,1H3. The lowest BCUT2D eigenvalue weighted by Gasteiger charge is -2.03. The Morgan fingerprint density at radius 1 is 1.53 bits per heavy atom. The molecule has 0 amide bonds. The van der Waals surface area contributed by atoms with Crippen molar-refractivity contribution in [2.24, 2.45) is 0 Å². The van der Waals surface area contributed by atoms with E-state index in [1.807, 2.05) is 30.3 Å². The first-order valence-electron chi connectivity index (χ1n) is 4.78. The highest BCUT2D eigenvalue weighted by Crippen LogP contribution is 2.14. The van der Waals surface area contributed by atoms with Gasteiger partial charge in [-0.25, -0.2) is 0 Å². The van der Waals surface area contributed by atoms with Crippen LogP contribution in [0.3, 0.4) is 0 Å². The largest absolute Gasteiger partial charge is 0.497 e. The number of nitriles is 1. The van der Waals surface area contributed by atoms with Crippen LogP contribution in [0.25, 0.3) is 0 Å². The minimum atomic E-state index is -0.0136. The molecule has 0 aliphatic heterocycles. The Bertz CT molecular complexity index is 379. The molecular weight excluding hydrogens is 190 g/mol. The van der Waals surface area contributed by atoms with Crippen LogP contribution in [0.1, 0.15) is 18.4 Å². The van der Waals surface area contributed by atoms with E-state index in [4.69, 9.17) is 10.00 Å². The van der Waals surface area contributed by atoms with Gasteiger partial charge in [-0.2, -0.15) is 5.26 Å². The van der Waals surface area contributed by atoms with E-state index in [9.17, 15) is 4.79 Å². The van der Waals surface area contributed by atoms with Crippen molar-refractivity contribution in [1.29, 1.82) is 5.26 Å². The molecule has 15 heavy (non-hydrogen) atoms. The van der Waals surface area contributed by atoms with Crippen molar-refractivity contribution in [2.45, 2.75) is 19.3 Å². The predicted molar refractivity (Wildman–Crippen MR) is 56.6 cm³/mol. The number of carbonyl (C=O) groups excluding carboxylic acids is 1. The molecule has 1 aromatic rings. The Kier molecular flexibility index (Phi) is 4.36. The molecule has 0 radical (unpaired) electrons. The van der Waals surface area contributed by atoms with Gasteiger partial charge in [0.05, 0.1) is 19.6 Å². The van der Waals surface area contributed by atoms with Crippen LogP contribution in [0.15, 0.2) is 24.3 Å². The Balaban J connectivity index is 2.51. The molecule has 0 aromatic heterocycles. The van der Waals surface area contributed by atoms with E-state index in [1.165, 1.54) is 0 Å². The minimum absolute atomic E-state index is 0.00394. The molecule has 3 heteroatoms. The van der Waals surface area contributed by atoms with Gasteiger partial charge in [-0.1, -0.05) is 12.1 Å². The number of Topliss-reactive ketones (excluding diaryl/α,β-unsaturated/α-hetero) is 1. The zero-order chi connectivity index (χ0) is 11.1. The van der Waals surface area contributed by atoms with Crippen molar-refractivity contribution in [3.63, 3.8) is 0 Å². The molecule has 0 fully saturated rings. The van der Waals surface area contributed by atoms with Crippen LogP contribution in [0.5, 0.6) is 5.75 Å². The predicted octanol–water partition coefficient (Wildman–Crippen LogP) is 2.11. The number of hydrogen-bond donors (Lipinski definition) is 0. The summed E-state index contributed by atoms with van der Waals surface area (Å²) in [6.45, 7) is 0. The summed E-state index contributed by atoms with van der Waals surface area (Å²) in [4.78, 5) is 11.1. The number of carbonyl (C=O) groups is 1. The highest BCUT2D eigenvalue weighted by molar-refractivity contribution is 5.80. The second kappa shape index (κ2) is 5.82. The average molecular weight is 203 g/mol. The second-order valence-electron chi connectivity index (χ2n) is 3.23. The zero-order valence-corrected chi connectivity index (χ0v) is 8.69. The van der Waals surface area contributed by atoms with Gasteiger partial charge in [0.2, 0.25) is 0 Å². The lowest BCUT2D eigenvalue weighted by Crippen LogP contribution is -1.98. The summed E-state index contributed by atoms with van der Waals surface area (Å²) < 4.78 is 5.07. The molecule has 1 rings (SSSR count). The van der Waals surface area contributed by atoms with Gasteiger partial charge in [0.15, 0.2) is 0 Å². The third kappa shape index (κ3) is 3.82. The number of hydrogen-bond acceptors (Lipinski definition) is 3. The molecule has 0 aliphatic carbocycles. The fourth-order valence-electron chi connectivity index (χ4n) is 1.29. The summed E-state index contributed by atoms with van der Waals surface area (Å²) >= 11 is 0. The Morgan fingerprint density at radius 3 is 3.00 bits per heavy atom. The quantitative estimate of drug-likeness (QED) is 0.736. The van der Waals surface area contributed by atoms with E-state index in [1.54, 1.807) is 7.11 Å². The average Bonchev–Trinajstić information content (AvgIpc) is 2.27. The normalized spacial score (nSPS) is 9.33. The Hall–Kier alpha value is -1.82. The number of aryl methyl sites for hydroxylation is 1. The summed E-state index contributed by atoms with van der Waals surface area (Å²) in [5, 5.41) is 8.33. The smallest absolute Gasteiger partial charge is 0.147 e. The molecule has 0 aliphatic rings. The second-order valence-corrected chi connectivity index (χ2v) is 3.23. The van der Waals surface area contributed by atoms with Crippen LogP contribution in [-0.2, 0) is 11.2 Å². The van der Waals surface area contributed by atoms with Gasteiger partial charge in [-0.15, -0.1) is 0 Å². The monoisotopic (exact) mass is 203 g/mol. The van der Waals surface area contributed by atoms with Gasteiger partial charge < -0.3 is 4.74 Å². The van der Waals surface area contributed by atoms with Gasteiger partial charge in [-0.3, -0.25) is 4.79 Å². The highest BCUT2D eigenvalue weighted by Gasteiger charge is 2.02. The molecule has 0 atom stereocenters. The van der Waals surface area contributed by atoms with Crippen molar-refractivity contribution >= 4 is 5.78 Å². The number of rotatable bonds is 5. The van der Waals surface area contributed by atoms with Crippen molar-refractivity contribution in [2.75, 3.05) is 7.11 Å². The Labute approximate surface area is 89.3 Å². The summed E-state index contributed by atoms with van der Waals surface area (Å²) in [6.07, 6.45) is 1.09. The fraction of sp³-hybridized carbons (Fsp3) is 0.333. The van der Waals surface area contributed by atoms with E-state index < -0.39 is 0 Å². The minimum Gasteiger partial charge on any atom is -0.497 e. The molecule has 0 N–H and O–H groups in total. The molecule has 0 saturated heterocycles. The van der Waals surface area contributed by atoms with E-state index >= 15 is 0 Å². The van der Waals surface area contributed by atoms with E-state index in [2.05, 4.69) is 0 Å². The van der Waals surface area contributed by atoms with Gasteiger partial charge >= 0.3 is 0 Å². The van der Waals surface area contributed by atoms with Crippen LogP contribution in [0, 0.1) is 11.3 Å². The summed E-state index contributed by atoms with van der Waals surface area (Å²) in [7, 11) is 1.61. The van der Waals surface area contributed by atoms with Gasteiger partial charge in [0.25, 0.3) is 0 Å². The van der Waals surface area contributed by atoms with E-state index in [-0.39, 0.29) is 12.2 Å². The molecule has 0 saturated carbocycles. The number of ketones is 1. The maximum absolute atomic E-state index is 11.1. The summed E-state index contributed by atoms with van der Waals surface area (Å²) in [5.74, 6) is 0.778. The highest BCUT2D eigenvalue weighted by atomic mass is 16.5. The molecule has 0 unspecified atom stereocenters. The maximum Gasteiger partial charge on any atom is 0.147 e. The number of methoxy groups -OCH3 is 1. The van der Waals surface area contributed by atoms with Crippen molar-refractivity contribution in [1.82, 2.24) is 0 Å². The van der Waals surface area contributed by atoms with Crippen LogP contribution in [0.2, 0.25) is 0 Å². The molecule has 0 spiro atoms. The number of benzene rings is 1. The molecule has 78 valence electrons. The number of ether oxygens (including phenoxy) is 1. The Morgan fingerprint density at radius 2 is 2.33 bits per heavy atom. The van der Waals surface area contributed by atoms with E-state index in [0.717, 1.165) is 11.3 Å². The van der Waals surface area contributed by atoms with E-state index in [0.29, 0.717) is 12.8 Å². The number of nitrogens with zero attached hydrogens (tertiary/aromatic N) is 1. The van der Waals surface area contributed by atoms with Crippen molar-refractivity contribution < 1.29 is 9.53 Å². The topological polar surface area (TPSA) is 50.1 Å². The third-order valence-corrected chi connectivity index (χ3v) is 2.10.